The van der Waals surface area contributed by atoms with Crippen molar-refractivity contribution in [3.05, 3.63) is 53.4 Å². The number of aliphatic hydroxyl groups excluding tert-OH is 1. The third kappa shape index (κ3) is 7.55. The predicted octanol–water partition coefficient (Wildman–Crippen LogP) is 3.39. The molecule has 34 heavy (non-hydrogen) atoms. The minimum Gasteiger partial charge on any atom is -0.390 e. The van der Waals surface area contributed by atoms with Gasteiger partial charge in [-0.15, -0.1) is 0 Å². The maximum Gasteiger partial charge on any atom is 0.315 e. The van der Waals surface area contributed by atoms with E-state index in [-0.39, 0.29) is 18.2 Å². The first-order valence-corrected chi connectivity index (χ1v) is 12.6. The summed E-state index contributed by atoms with van der Waals surface area (Å²) in [5, 5.41) is 20.5. The molecule has 0 radical (unpaired) electrons. The van der Waals surface area contributed by atoms with E-state index in [1.54, 1.807) is 0 Å². The van der Waals surface area contributed by atoms with Crippen LogP contribution in [0.2, 0.25) is 0 Å². The zero-order valence-electron chi connectivity index (χ0n) is 20.1. The largest absolute Gasteiger partial charge is 0.390 e. The molecule has 3 N–H and O–H groups in total. The van der Waals surface area contributed by atoms with Crippen LogP contribution in [0, 0.1) is 0 Å². The fourth-order valence-electron chi connectivity index (χ4n) is 4.94. The molecule has 8 nitrogen and oxygen atoms in total. The van der Waals surface area contributed by atoms with Crippen LogP contribution in [0.25, 0.3) is 0 Å². The molecule has 186 valence electrons. The minimum atomic E-state index is -0.578. The molecular formula is C26H38N4O4. The zero-order chi connectivity index (χ0) is 23.8. The van der Waals surface area contributed by atoms with Crippen molar-refractivity contribution in [1.82, 2.24) is 20.7 Å². The molecule has 1 saturated heterocycles. The second-order valence-electron chi connectivity index (χ2n) is 9.78. The zero-order valence-corrected chi connectivity index (χ0v) is 20.1. The topological polar surface area (TPSA) is 99.9 Å². The number of carbonyl (C=O) groups is 1. The SMILES string of the molecule is CN(Cc1ccccc1)Cc1cc(C[C@@H]2CC[C@H](O)[C@@H](CNC(=O)NC3CCCCC3)O2)no1. The van der Waals surface area contributed by atoms with Gasteiger partial charge in [0.05, 0.1) is 24.4 Å². The number of carbonyl (C=O) groups excluding carboxylic acids is 1. The molecule has 1 aliphatic heterocycles. The highest BCUT2D eigenvalue weighted by Crippen LogP contribution is 2.23. The number of hydrogen-bond acceptors (Lipinski definition) is 6. The summed E-state index contributed by atoms with van der Waals surface area (Å²) in [6.45, 7) is 1.81. The molecule has 2 amide bonds. The van der Waals surface area contributed by atoms with Crippen molar-refractivity contribution >= 4 is 6.03 Å². The summed E-state index contributed by atoms with van der Waals surface area (Å²) in [4.78, 5) is 14.4. The van der Waals surface area contributed by atoms with E-state index in [0.29, 0.717) is 25.9 Å². The highest BCUT2D eigenvalue weighted by Gasteiger charge is 2.31. The lowest BCUT2D eigenvalue weighted by molar-refractivity contribution is -0.113. The summed E-state index contributed by atoms with van der Waals surface area (Å²) < 4.78 is 11.7. The van der Waals surface area contributed by atoms with Gasteiger partial charge < -0.3 is 25.0 Å². The number of hydrogen-bond donors (Lipinski definition) is 3. The Labute approximate surface area is 202 Å². The number of nitrogens with one attached hydrogen (secondary N) is 2. The van der Waals surface area contributed by atoms with Crippen LogP contribution in [0.1, 0.15) is 62.0 Å². The molecule has 2 heterocycles. The third-order valence-electron chi connectivity index (χ3n) is 6.75. The summed E-state index contributed by atoms with van der Waals surface area (Å²) in [6.07, 6.45) is 6.65. The van der Waals surface area contributed by atoms with Gasteiger partial charge >= 0.3 is 6.03 Å². The molecule has 8 heteroatoms. The normalized spacial score (nSPS) is 23.7. The Kier molecular flexibility index (Phi) is 8.96. The Balaban J connectivity index is 1.21. The van der Waals surface area contributed by atoms with Crippen molar-refractivity contribution in [1.29, 1.82) is 0 Å². The second kappa shape index (κ2) is 12.3. The van der Waals surface area contributed by atoms with Crippen LogP contribution >= 0.6 is 0 Å². The standard InChI is InChI=1S/C26H38N4O4/c1-30(17-19-8-4-2-5-9-19)18-23-15-21(29-34-23)14-22-12-13-24(31)25(33-22)16-27-26(32)28-20-10-6-3-7-11-20/h2,4-5,8-9,15,20,22,24-25,31H,3,6-7,10-14,16-18H2,1H3,(H2,27,28,32)/t22-,24-,25+/m0/s1. The van der Waals surface area contributed by atoms with Crippen LogP contribution in [0.4, 0.5) is 4.79 Å². The Bertz CT molecular complexity index is 884. The lowest BCUT2D eigenvalue weighted by Gasteiger charge is -2.34. The number of nitrogens with zero attached hydrogens (tertiary/aromatic N) is 2. The average molecular weight is 471 g/mol. The molecule has 1 aromatic carbocycles. The molecule has 0 spiro atoms. The summed E-state index contributed by atoms with van der Waals surface area (Å²) in [5.74, 6) is 0.821. The van der Waals surface area contributed by atoms with E-state index in [4.69, 9.17) is 9.26 Å². The van der Waals surface area contributed by atoms with Gasteiger partial charge in [0.15, 0.2) is 5.76 Å². The van der Waals surface area contributed by atoms with E-state index < -0.39 is 12.2 Å². The fraction of sp³-hybridized carbons (Fsp3) is 0.615. The van der Waals surface area contributed by atoms with Gasteiger partial charge in [-0.2, -0.15) is 0 Å². The minimum absolute atomic E-state index is 0.0587. The number of urea groups is 1. The highest BCUT2D eigenvalue weighted by atomic mass is 16.5. The van der Waals surface area contributed by atoms with Gasteiger partial charge in [-0.1, -0.05) is 54.8 Å². The van der Waals surface area contributed by atoms with Gasteiger partial charge in [0.25, 0.3) is 0 Å². The summed E-state index contributed by atoms with van der Waals surface area (Å²) in [7, 11) is 2.06. The van der Waals surface area contributed by atoms with Crippen LogP contribution in [0.15, 0.2) is 40.9 Å². The van der Waals surface area contributed by atoms with E-state index in [0.717, 1.165) is 37.3 Å². The number of amides is 2. The molecule has 1 aliphatic carbocycles. The van der Waals surface area contributed by atoms with Gasteiger partial charge in [-0.05, 0) is 38.3 Å². The van der Waals surface area contributed by atoms with E-state index in [1.807, 2.05) is 24.3 Å². The maximum atomic E-state index is 12.3. The Morgan fingerprint density at radius 3 is 2.71 bits per heavy atom. The summed E-state index contributed by atoms with van der Waals surface area (Å²) in [6, 6.07) is 12.4. The summed E-state index contributed by atoms with van der Waals surface area (Å²) >= 11 is 0. The Hall–Kier alpha value is -2.42. The quantitative estimate of drug-likeness (QED) is 0.520. The van der Waals surface area contributed by atoms with Crippen LogP contribution in [-0.2, 0) is 24.2 Å². The Morgan fingerprint density at radius 1 is 1.12 bits per heavy atom. The van der Waals surface area contributed by atoms with Gasteiger partial charge in [-0.25, -0.2) is 4.79 Å². The van der Waals surface area contributed by atoms with Crippen molar-refractivity contribution in [3.63, 3.8) is 0 Å². The van der Waals surface area contributed by atoms with E-state index >= 15 is 0 Å². The molecule has 0 bridgehead atoms. The number of aliphatic hydroxyl groups is 1. The van der Waals surface area contributed by atoms with E-state index in [9.17, 15) is 9.90 Å². The first-order chi connectivity index (χ1) is 16.5. The Morgan fingerprint density at radius 2 is 1.91 bits per heavy atom. The van der Waals surface area contributed by atoms with Crippen LogP contribution < -0.4 is 10.6 Å². The highest BCUT2D eigenvalue weighted by molar-refractivity contribution is 5.74. The number of rotatable bonds is 9. The number of benzene rings is 1. The monoisotopic (exact) mass is 470 g/mol. The van der Waals surface area contributed by atoms with Crippen molar-refractivity contribution in [2.75, 3.05) is 13.6 Å². The molecule has 1 aromatic heterocycles. The van der Waals surface area contributed by atoms with E-state index in [1.165, 1.54) is 24.8 Å². The van der Waals surface area contributed by atoms with Gasteiger partial charge in [0, 0.05) is 31.6 Å². The maximum absolute atomic E-state index is 12.3. The smallest absolute Gasteiger partial charge is 0.315 e. The summed E-state index contributed by atoms with van der Waals surface area (Å²) in [5.41, 5.74) is 2.11. The molecule has 2 aromatic rings. The van der Waals surface area contributed by atoms with E-state index in [2.05, 4.69) is 39.9 Å². The first-order valence-electron chi connectivity index (χ1n) is 12.6. The first kappa shape index (κ1) is 24.7. The van der Waals surface area contributed by atoms with Gasteiger partial charge in [0.1, 0.15) is 6.10 Å². The number of ether oxygens (including phenoxy) is 1. The second-order valence-corrected chi connectivity index (χ2v) is 9.78. The van der Waals surface area contributed by atoms with Crippen molar-refractivity contribution < 1.29 is 19.2 Å². The molecule has 4 rings (SSSR count). The van der Waals surface area contributed by atoms with Gasteiger partial charge in [0.2, 0.25) is 0 Å². The molecule has 0 unspecified atom stereocenters. The van der Waals surface area contributed by atoms with Crippen molar-refractivity contribution in [2.24, 2.45) is 0 Å². The molecule has 1 saturated carbocycles. The predicted molar refractivity (Wildman–Crippen MR) is 129 cm³/mol. The molecule has 3 atom stereocenters. The van der Waals surface area contributed by atoms with Crippen molar-refractivity contribution in [2.45, 2.75) is 88.8 Å². The number of aromatic nitrogens is 1. The lowest BCUT2D eigenvalue weighted by Crippen LogP contribution is -2.50. The average Bonchev–Trinajstić information content (AvgIpc) is 3.27. The van der Waals surface area contributed by atoms with Crippen molar-refractivity contribution in [3.8, 4) is 0 Å². The van der Waals surface area contributed by atoms with Crippen LogP contribution in [-0.4, -0.2) is 59.1 Å². The molecule has 2 aliphatic rings. The van der Waals surface area contributed by atoms with Gasteiger partial charge in [-0.3, -0.25) is 4.90 Å². The molecule has 2 fully saturated rings. The lowest BCUT2D eigenvalue weighted by atomic mass is 9.96. The van der Waals surface area contributed by atoms with Crippen LogP contribution in [0.5, 0.6) is 0 Å². The fourth-order valence-corrected chi connectivity index (χ4v) is 4.94. The third-order valence-corrected chi connectivity index (χ3v) is 6.75. The van der Waals surface area contributed by atoms with Crippen LogP contribution in [0.3, 0.4) is 0 Å². The molecular weight excluding hydrogens is 432 g/mol.